The second-order valence-electron chi connectivity index (χ2n) is 3.97. The van der Waals surface area contributed by atoms with Crippen LogP contribution in [-0.4, -0.2) is 18.0 Å². The fourth-order valence-electron chi connectivity index (χ4n) is 1.78. The Labute approximate surface area is 111 Å². The van der Waals surface area contributed by atoms with Gasteiger partial charge in [0.25, 0.3) is 0 Å². The number of benzene rings is 2. The van der Waals surface area contributed by atoms with Gasteiger partial charge in [0.15, 0.2) is 5.78 Å². The molecule has 0 spiro atoms. The zero-order valence-electron chi connectivity index (χ0n) is 10.5. The first kappa shape index (κ1) is 12.9. The molecule has 0 aliphatic rings. The van der Waals surface area contributed by atoms with Gasteiger partial charge in [-0.1, -0.05) is 30.3 Å². The molecule has 0 aliphatic heterocycles. The molecule has 0 aromatic heterocycles. The summed E-state index contributed by atoms with van der Waals surface area (Å²) in [6.07, 6.45) is 0.849. The molecule has 96 valence electrons. The minimum atomic E-state index is -0.226. The Morgan fingerprint density at radius 3 is 2.16 bits per heavy atom. The second kappa shape index (κ2) is 5.87. The van der Waals surface area contributed by atoms with Gasteiger partial charge in [-0.15, -0.1) is 0 Å². The Balaban J connectivity index is 2.31. The Kier molecular flexibility index (Phi) is 3.98. The number of hydrogen-bond donors (Lipinski definition) is 1. The molecule has 19 heavy (non-hydrogen) atoms. The molecular formula is C16H14O3. The van der Waals surface area contributed by atoms with E-state index < -0.39 is 0 Å². The molecule has 2 aromatic rings. The third-order valence-electron chi connectivity index (χ3n) is 2.81. The Morgan fingerprint density at radius 2 is 1.63 bits per heavy atom. The maximum absolute atomic E-state index is 12.3. The van der Waals surface area contributed by atoms with Gasteiger partial charge in [-0.25, -0.2) is 0 Å². The van der Waals surface area contributed by atoms with Crippen molar-refractivity contribution in [2.45, 2.75) is 0 Å². The number of Topliss-reactive ketones (excluding diaryl/α,β-unsaturated/α-hetero) is 1. The van der Waals surface area contributed by atoms with E-state index in [1.807, 2.05) is 18.2 Å². The van der Waals surface area contributed by atoms with Crippen molar-refractivity contribution < 1.29 is 14.6 Å². The minimum absolute atomic E-state index is 0.226. The van der Waals surface area contributed by atoms with Crippen molar-refractivity contribution in [3.8, 4) is 5.75 Å². The van der Waals surface area contributed by atoms with E-state index in [1.165, 1.54) is 0 Å². The van der Waals surface area contributed by atoms with Gasteiger partial charge >= 0.3 is 0 Å². The first-order valence-corrected chi connectivity index (χ1v) is 5.85. The quantitative estimate of drug-likeness (QED) is 0.516. The average molecular weight is 254 g/mol. The van der Waals surface area contributed by atoms with Crippen LogP contribution in [0, 0.1) is 0 Å². The molecule has 1 N–H and O–H groups in total. The number of hydrogen-bond acceptors (Lipinski definition) is 3. The van der Waals surface area contributed by atoms with Gasteiger partial charge in [0.1, 0.15) is 5.75 Å². The lowest BCUT2D eigenvalue weighted by Crippen LogP contribution is -2.03. The zero-order valence-corrected chi connectivity index (χ0v) is 10.5. The van der Waals surface area contributed by atoms with E-state index in [9.17, 15) is 9.90 Å². The van der Waals surface area contributed by atoms with Crippen LogP contribution in [-0.2, 0) is 0 Å². The predicted octanol–water partition coefficient (Wildman–Crippen LogP) is 3.48. The van der Waals surface area contributed by atoms with Crippen LogP contribution in [0.3, 0.4) is 0 Å². The van der Waals surface area contributed by atoms with E-state index in [1.54, 1.807) is 43.5 Å². The van der Waals surface area contributed by atoms with Crippen molar-refractivity contribution in [2.24, 2.45) is 0 Å². The Hall–Kier alpha value is -2.55. The van der Waals surface area contributed by atoms with Gasteiger partial charge in [0.2, 0.25) is 0 Å². The van der Waals surface area contributed by atoms with Crippen molar-refractivity contribution >= 4 is 11.4 Å². The van der Waals surface area contributed by atoms with Crippen LogP contribution in [0.15, 0.2) is 60.9 Å². The minimum Gasteiger partial charge on any atom is -0.515 e. The number of aliphatic hydroxyl groups is 1. The maximum atomic E-state index is 12.3. The molecule has 0 unspecified atom stereocenters. The molecule has 0 atom stereocenters. The Morgan fingerprint density at radius 1 is 1.00 bits per heavy atom. The average Bonchev–Trinajstić information content (AvgIpc) is 2.49. The molecular weight excluding hydrogens is 240 g/mol. The molecule has 0 radical (unpaired) electrons. The van der Waals surface area contributed by atoms with E-state index in [-0.39, 0.29) is 11.4 Å². The fraction of sp³-hybridized carbons (Fsp3) is 0.0625. The molecule has 0 aliphatic carbocycles. The summed E-state index contributed by atoms with van der Waals surface area (Å²) in [5.74, 6) is 0.460. The van der Waals surface area contributed by atoms with Gasteiger partial charge in [0.05, 0.1) is 18.9 Å². The van der Waals surface area contributed by atoms with Crippen molar-refractivity contribution in [2.75, 3.05) is 7.11 Å². The highest BCUT2D eigenvalue weighted by molar-refractivity contribution is 6.28. The number of carbonyl (C=O) groups excluding carboxylic acids is 1. The summed E-state index contributed by atoms with van der Waals surface area (Å²) >= 11 is 0. The molecule has 0 bridgehead atoms. The summed E-state index contributed by atoms with van der Waals surface area (Å²) in [4.78, 5) is 12.3. The number of carbonyl (C=O) groups is 1. The van der Waals surface area contributed by atoms with Gasteiger partial charge in [0, 0.05) is 5.56 Å². The monoisotopic (exact) mass is 254 g/mol. The highest BCUT2D eigenvalue weighted by atomic mass is 16.5. The first-order valence-electron chi connectivity index (χ1n) is 5.85. The lowest BCUT2D eigenvalue weighted by Gasteiger charge is -2.06. The van der Waals surface area contributed by atoms with Crippen LogP contribution in [0.5, 0.6) is 5.75 Å². The lowest BCUT2D eigenvalue weighted by molar-refractivity contribution is 0.105. The van der Waals surface area contributed by atoms with Crippen LogP contribution in [0.4, 0.5) is 0 Å². The van der Waals surface area contributed by atoms with Crippen LogP contribution in [0.1, 0.15) is 15.9 Å². The van der Waals surface area contributed by atoms with E-state index in [0.717, 1.165) is 6.26 Å². The fourth-order valence-corrected chi connectivity index (χ4v) is 1.78. The maximum Gasteiger partial charge on any atom is 0.196 e. The summed E-state index contributed by atoms with van der Waals surface area (Å²) in [6, 6.07) is 15.8. The zero-order chi connectivity index (χ0) is 13.7. The molecule has 0 heterocycles. The third-order valence-corrected chi connectivity index (χ3v) is 2.81. The number of aliphatic hydroxyl groups excluding tert-OH is 1. The molecule has 3 heteroatoms. The molecule has 0 saturated carbocycles. The summed E-state index contributed by atoms with van der Waals surface area (Å²) in [6.45, 7) is 0. The summed E-state index contributed by atoms with van der Waals surface area (Å²) in [5, 5.41) is 9.30. The molecule has 0 amide bonds. The van der Waals surface area contributed by atoms with Gasteiger partial charge in [-0.3, -0.25) is 4.79 Å². The highest BCUT2D eigenvalue weighted by Gasteiger charge is 2.14. The third kappa shape index (κ3) is 2.83. The highest BCUT2D eigenvalue weighted by Crippen LogP contribution is 2.20. The van der Waals surface area contributed by atoms with Gasteiger partial charge < -0.3 is 9.84 Å². The largest absolute Gasteiger partial charge is 0.515 e. The van der Waals surface area contributed by atoms with Crippen LogP contribution < -0.4 is 4.74 Å². The standard InChI is InChI=1S/C16H14O3/c1-19-14-9-7-13(8-10-14)16(18)15(11-17)12-5-3-2-4-6-12/h2-11,17H,1H3. The summed E-state index contributed by atoms with van der Waals surface area (Å²) in [7, 11) is 1.57. The van der Waals surface area contributed by atoms with Crippen LogP contribution in [0.25, 0.3) is 5.57 Å². The molecule has 2 rings (SSSR count). The van der Waals surface area contributed by atoms with Crippen molar-refractivity contribution in [1.29, 1.82) is 0 Å². The number of methoxy groups -OCH3 is 1. The van der Waals surface area contributed by atoms with Crippen molar-refractivity contribution in [1.82, 2.24) is 0 Å². The summed E-state index contributed by atoms with van der Waals surface area (Å²) < 4.78 is 5.05. The van der Waals surface area contributed by atoms with E-state index in [4.69, 9.17) is 4.74 Å². The Bertz CT molecular complexity index is 583. The predicted molar refractivity (Wildman–Crippen MR) is 74.4 cm³/mol. The molecule has 0 fully saturated rings. The number of ether oxygens (including phenoxy) is 1. The van der Waals surface area contributed by atoms with Gasteiger partial charge in [-0.05, 0) is 29.8 Å². The van der Waals surface area contributed by atoms with Crippen molar-refractivity contribution in [3.63, 3.8) is 0 Å². The SMILES string of the molecule is COc1ccc(C(=O)C(=CO)c2ccccc2)cc1. The first-order chi connectivity index (χ1) is 9.26. The van der Waals surface area contributed by atoms with Gasteiger partial charge in [-0.2, -0.15) is 0 Å². The molecule has 2 aromatic carbocycles. The second-order valence-corrected chi connectivity index (χ2v) is 3.97. The topological polar surface area (TPSA) is 46.5 Å². The number of rotatable bonds is 4. The lowest BCUT2D eigenvalue weighted by atomic mass is 9.98. The number of ketones is 1. The van der Waals surface area contributed by atoms with E-state index in [0.29, 0.717) is 16.9 Å². The summed E-state index contributed by atoms with van der Waals surface area (Å²) in [5.41, 5.74) is 1.46. The van der Waals surface area contributed by atoms with Crippen LogP contribution in [0.2, 0.25) is 0 Å². The molecule has 3 nitrogen and oxygen atoms in total. The van der Waals surface area contributed by atoms with Crippen LogP contribution >= 0.6 is 0 Å². The van der Waals surface area contributed by atoms with E-state index >= 15 is 0 Å². The van der Waals surface area contributed by atoms with E-state index in [2.05, 4.69) is 0 Å². The number of allylic oxidation sites excluding steroid dienone is 1. The molecule has 0 saturated heterocycles. The smallest absolute Gasteiger partial charge is 0.196 e. The van der Waals surface area contributed by atoms with Crippen molar-refractivity contribution in [3.05, 3.63) is 72.0 Å². The normalized spacial score (nSPS) is 11.1.